The van der Waals surface area contributed by atoms with E-state index in [9.17, 15) is 9.59 Å². The van der Waals surface area contributed by atoms with Crippen molar-refractivity contribution in [2.45, 2.75) is 6.61 Å². The summed E-state index contributed by atoms with van der Waals surface area (Å²) in [6.45, 7) is 1.08. The topological polar surface area (TPSA) is 89.0 Å². The third-order valence-electron chi connectivity index (χ3n) is 3.31. The number of hydrazone groups is 1. The Morgan fingerprint density at radius 1 is 1.04 bits per heavy atom. The number of nitrogens with zero attached hydrogens (tertiary/aromatic N) is 1. The molecule has 0 heterocycles. The van der Waals surface area contributed by atoms with Crippen LogP contribution in [0.2, 0.25) is 0 Å². The quantitative estimate of drug-likeness (QED) is 0.325. The average Bonchev–Trinajstić information content (AvgIpc) is 2.68. The average molecular weight is 355 g/mol. The Morgan fingerprint density at radius 3 is 2.46 bits per heavy atom. The number of nitrogens with one attached hydrogen (secondary N) is 2. The first-order valence-electron chi connectivity index (χ1n) is 8.06. The van der Waals surface area contributed by atoms with Gasteiger partial charge in [0, 0.05) is 13.7 Å². The maximum atomic E-state index is 11.5. The second kappa shape index (κ2) is 10.6. The van der Waals surface area contributed by atoms with E-state index in [0.29, 0.717) is 13.2 Å². The highest BCUT2D eigenvalue weighted by atomic mass is 16.5. The third-order valence-corrected chi connectivity index (χ3v) is 3.31. The van der Waals surface area contributed by atoms with Crippen molar-refractivity contribution in [2.75, 3.05) is 20.3 Å². The van der Waals surface area contributed by atoms with Gasteiger partial charge in [0.15, 0.2) is 0 Å². The van der Waals surface area contributed by atoms with Gasteiger partial charge in [0.2, 0.25) is 0 Å². The highest BCUT2D eigenvalue weighted by molar-refractivity contribution is 6.35. The van der Waals surface area contributed by atoms with Crippen molar-refractivity contribution in [3.63, 3.8) is 0 Å². The Kier molecular flexibility index (Phi) is 7.82. The Morgan fingerprint density at radius 2 is 1.77 bits per heavy atom. The highest BCUT2D eigenvalue weighted by Gasteiger charge is 2.11. The Hall–Kier alpha value is -3.19. The van der Waals surface area contributed by atoms with E-state index in [4.69, 9.17) is 9.47 Å². The summed E-state index contributed by atoms with van der Waals surface area (Å²) < 4.78 is 10.5. The van der Waals surface area contributed by atoms with Crippen molar-refractivity contribution >= 4 is 18.0 Å². The van der Waals surface area contributed by atoms with Crippen LogP contribution in [0.3, 0.4) is 0 Å². The SMILES string of the molecule is COCCNC(=O)C(=O)N/N=C\c1ccc(OCc2ccccc2)cc1. The van der Waals surface area contributed by atoms with E-state index in [1.807, 2.05) is 42.5 Å². The molecule has 2 rings (SSSR count). The number of hydrogen-bond donors (Lipinski definition) is 2. The van der Waals surface area contributed by atoms with Gasteiger partial charge >= 0.3 is 11.8 Å². The van der Waals surface area contributed by atoms with E-state index in [0.717, 1.165) is 16.9 Å². The zero-order valence-electron chi connectivity index (χ0n) is 14.5. The zero-order chi connectivity index (χ0) is 18.6. The van der Waals surface area contributed by atoms with E-state index in [-0.39, 0.29) is 6.54 Å². The number of benzene rings is 2. The summed E-state index contributed by atoms with van der Waals surface area (Å²) in [5, 5.41) is 6.16. The number of carbonyl (C=O) groups excluding carboxylic acids is 2. The van der Waals surface area contributed by atoms with E-state index in [1.165, 1.54) is 13.3 Å². The molecule has 0 atom stereocenters. The molecule has 0 saturated carbocycles. The number of amides is 2. The van der Waals surface area contributed by atoms with Gasteiger partial charge in [-0.05, 0) is 35.4 Å². The lowest BCUT2D eigenvalue weighted by molar-refractivity contribution is -0.139. The van der Waals surface area contributed by atoms with Crippen molar-refractivity contribution in [3.05, 3.63) is 65.7 Å². The van der Waals surface area contributed by atoms with Crippen molar-refractivity contribution in [3.8, 4) is 5.75 Å². The van der Waals surface area contributed by atoms with Crippen LogP contribution in [0.5, 0.6) is 5.75 Å². The van der Waals surface area contributed by atoms with Crippen molar-refractivity contribution in [1.82, 2.24) is 10.7 Å². The van der Waals surface area contributed by atoms with Crippen molar-refractivity contribution in [1.29, 1.82) is 0 Å². The van der Waals surface area contributed by atoms with Gasteiger partial charge in [-0.1, -0.05) is 30.3 Å². The number of hydrogen-bond acceptors (Lipinski definition) is 5. The lowest BCUT2D eigenvalue weighted by atomic mass is 10.2. The van der Waals surface area contributed by atoms with Gasteiger partial charge in [-0.15, -0.1) is 0 Å². The molecule has 0 aliphatic carbocycles. The first-order valence-corrected chi connectivity index (χ1v) is 8.06. The highest BCUT2D eigenvalue weighted by Crippen LogP contribution is 2.13. The molecule has 0 bridgehead atoms. The summed E-state index contributed by atoms with van der Waals surface area (Å²) in [7, 11) is 1.51. The van der Waals surface area contributed by atoms with Crippen LogP contribution in [0.1, 0.15) is 11.1 Å². The van der Waals surface area contributed by atoms with Gasteiger partial charge in [-0.2, -0.15) is 5.10 Å². The molecule has 2 N–H and O–H groups in total. The van der Waals surface area contributed by atoms with Crippen molar-refractivity contribution < 1.29 is 19.1 Å². The Bertz CT molecular complexity index is 730. The summed E-state index contributed by atoms with van der Waals surface area (Å²) >= 11 is 0. The zero-order valence-corrected chi connectivity index (χ0v) is 14.5. The molecule has 136 valence electrons. The molecule has 0 unspecified atom stereocenters. The lowest BCUT2D eigenvalue weighted by Gasteiger charge is -2.06. The molecular formula is C19H21N3O4. The van der Waals surface area contributed by atoms with Crippen LogP contribution in [-0.4, -0.2) is 38.3 Å². The van der Waals surface area contributed by atoms with Crippen molar-refractivity contribution in [2.24, 2.45) is 5.10 Å². The molecular weight excluding hydrogens is 334 g/mol. The van der Waals surface area contributed by atoms with Crippen LogP contribution < -0.4 is 15.5 Å². The fraction of sp³-hybridized carbons (Fsp3) is 0.211. The molecule has 0 aromatic heterocycles. The Labute approximate surface area is 152 Å². The lowest BCUT2D eigenvalue weighted by Crippen LogP contribution is -2.39. The monoisotopic (exact) mass is 355 g/mol. The summed E-state index contributed by atoms with van der Waals surface area (Å²) in [6, 6.07) is 17.1. The van der Waals surface area contributed by atoms with Gasteiger partial charge in [0.05, 0.1) is 12.8 Å². The molecule has 2 aromatic rings. The predicted molar refractivity (Wildman–Crippen MR) is 97.8 cm³/mol. The van der Waals surface area contributed by atoms with Crippen LogP contribution in [0.15, 0.2) is 59.7 Å². The van der Waals surface area contributed by atoms with Gasteiger partial charge in [-0.25, -0.2) is 5.43 Å². The second-order valence-electron chi connectivity index (χ2n) is 5.29. The number of carbonyl (C=O) groups is 2. The van der Waals surface area contributed by atoms with Crippen LogP contribution in [0.4, 0.5) is 0 Å². The van der Waals surface area contributed by atoms with Gasteiger partial charge in [0.1, 0.15) is 12.4 Å². The minimum atomic E-state index is -0.833. The normalized spacial score (nSPS) is 10.5. The summed E-state index contributed by atoms with van der Waals surface area (Å²) in [5.41, 5.74) is 4.01. The smallest absolute Gasteiger partial charge is 0.329 e. The minimum Gasteiger partial charge on any atom is -0.489 e. The van der Waals surface area contributed by atoms with E-state index < -0.39 is 11.8 Å². The van der Waals surface area contributed by atoms with Gasteiger partial charge < -0.3 is 14.8 Å². The number of rotatable bonds is 8. The molecule has 0 aliphatic rings. The largest absolute Gasteiger partial charge is 0.489 e. The first kappa shape index (κ1) is 19.1. The summed E-state index contributed by atoms with van der Waals surface area (Å²) in [6.07, 6.45) is 1.45. The number of methoxy groups -OCH3 is 1. The summed E-state index contributed by atoms with van der Waals surface area (Å²) in [4.78, 5) is 22.9. The molecule has 2 amide bonds. The molecule has 0 radical (unpaired) electrons. The molecule has 0 aliphatic heterocycles. The molecule has 0 fully saturated rings. The van der Waals surface area contributed by atoms with Crippen LogP contribution in [0, 0.1) is 0 Å². The first-order chi connectivity index (χ1) is 12.7. The fourth-order valence-corrected chi connectivity index (χ4v) is 1.95. The van der Waals surface area contributed by atoms with Gasteiger partial charge in [0.25, 0.3) is 0 Å². The molecule has 26 heavy (non-hydrogen) atoms. The number of ether oxygens (including phenoxy) is 2. The van der Waals surface area contributed by atoms with Gasteiger partial charge in [-0.3, -0.25) is 9.59 Å². The van der Waals surface area contributed by atoms with Crippen LogP contribution >= 0.6 is 0 Å². The third kappa shape index (κ3) is 6.74. The van der Waals surface area contributed by atoms with E-state index >= 15 is 0 Å². The minimum absolute atomic E-state index is 0.261. The Balaban J connectivity index is 1.76. The maximum Gasteiger partial charge on any atom is 0.329 e. The predicted octanol–water partition coefficient (Wildman–Crippen LogP) is 1.48. The molecule has 2 aromatic carbocycles. The van der Waals surface area contributed by atoms with Crippen LogP contribution in [-0.2, 0) is 20.9 Å². The van der Waals surface area contributed by atoms with E-state index in [1.54, 1.807) is 12.1 Å². The molecule has 0 saturated heterocycles. The molecule has 7 heteroatoms. The van der Waals surface area contributed by atoms with E-state index in [2.05, 4.69) is 15.8 Å². The molecule has 0 spiro atoms. The summed E-state index contributed by atoms with van der Waals surface area (Å²) in [5.74, 6) is -0.864. The standard InChI is InChI=1S/C19H21N3O4/c1-25-12-11-20-18(23)19(24)22-21-13-15-7-9-17(10-8-15)26-14-16-5-3-2-4-6-16/h2-10,13H,11-12,14H2,1H3,(H,20,23)(H,22,24)/b21-13-. The van der Waals surface area contributed by atoms with Crippen LogP contribution in [0.25, 0.3) is 0 Å². The molecule has 7 nitrogen and oxygen atoms in total. The second-order valence-corrected chi connectivity index (χ2v) is 5.29. The maximum absolute atomic E-state index is 11.5. The fourth-order valence-electron chi connectivity index (χ4n) is 1.95.